The quantitative estimate of drug-likeness (QED) is 0.484. The third-order valence-corrected chi connectivity index (χ3v) is 5.91. The summed E-state index contributed by atoms with van der Waals surface area (Å²) in [6.07, 6.45) is 1.84. The van der Waals surface area contributed by atoms with Crippen LogP contribution in [0.1, 0.15) is 26.3 Å². The van der Waals surface area contributed by atoms with Crippen LogP contribution in [0.15, 0.2) is 42.6 Å². The van der Waals surface area contributed by atoms with E-state index in [9.17, 15) is 0 Å². The van der Waals surface area contributed by atoms with E-state index in [2.05, 4.69) is 77.7 Å². The second kappa shape index (κ2) is 4.81. The predicted octanol–water partition coefficient (Wildman–Crippen LogP) is 4.28. The first kappa shape index (κ1) is 15.3. The van der Waals surface area contributed by atoms with Gasteiger partial charge in [0.1, 0.15) is 5.54 Å². The Morgan fingerprint density at radius 2 is 1.81 bits per heavy atom. The van der Waals surface area contributed by atoms with Gasteiger partial charge in [0.05, 0.1) is 11.2 Å². The highest BCUT2D eigenvalue weighted by Gasteiger charge is 2.45. The molecule has 4 heterocycles. The smallest absolute Gasteiger partial charge is 0.278 e. The third kappa shape index (κ3) is 1.68. The molecule has 5 nitrogen and oxygen atoms in total. The van der Waals surface area contributed by atoms with Crippen LogP contribution < -0.4 is 4.58 Å². The third-order valence-electron chi connectivity index (χ3n) is 5.91. The first-order chi connectivity index (χ1) is 12.4. The summed E-state index contributed by atoms with van der Waals surface area (Å²) in [7, 11) is 2.13. The van der Waals surface area contributed by atoms with Gasteiger partial charge in [0.2, 0.25) is 11.5 Å². The van der Waals surface area contributed by atoms with Gasteiger partial charge in [-0.1, -0.05) is 18.2 Å². The van der Waals surface area contributed by atoms with Crippen LogP contribution in [0, 0.1) is 6.92 Å². The zero-order valence-electron chi connectivity index (χ0n) is 15.8. The van der Waals surface area contributed by atoms with E-state index in [0.29, 0.717) is 0 Å². The van der Waals surface area contributed by atoms with Crippen molar-refractivity contribution in [1.29, 1.82) is 0 Å². The minimum atomic E-state index is -0.193. The van der Waals surface area contributed by atoms with Gasteiger partial charge < -0.3 is 0 Å². The number of imidazole rings is 1. The van der Waals surface area contributed by atoms with Gasteiger partial charge >= 0.3 is 5.95 Å². The molecule has 26 heavy (non-hydrogen) atoms. The maximum Gasteiger partial charge on any atom is 0.362 e. The second-order valence-electron chi connectivity index (χ2n) is 7.60. The molecule has 1 aliphatic rings. The molecule has 0 bridgehead atoms. The molecule has 0 saturated heterocycles. The molecule has 1 aliphatic heterocycles. The standard InChI is InChI=1S/C21H22N5/c1-13-15-9-6-7-11-17(15)24(5)19(13)25-14(2)21(3,4)26-18-16(23-20(25)26)10-8-12-22-18/h6-12H,1-5H3/q+1. The van der Waals surface area contributed by atoms with Crippen molar-refractivity contribution in [3.05, 3.63) is 48.2 Å². The molecule has 0 saturated carbocycles. The molecule has 3 aromatic heterocycles. The molecule has 0 radical (unpaired) electrons. The van der Waals surface area contributed by atoms with Gasteiger partial charge in [0, 0.05) is 24.2 Å². The monoisotopic (exact) mass is 344 g/mol. The van der Waals surface area contributed by atoms with Crippen molar-refractivity contribution in [1.82, 2.24) is 23.7 Å². The molecule has 0 amide bonds. The summed E-state index contributed by atoms with van der Waals surface area (Å²) >= 11 is 0. The van der Waals surface area contributed by atoms with Crippen molar-refractivity contribution in [3.63, 3.8) is 0 Å². The molecule has 5 rings (SSSR count). The highest BCUT2D eigenvalue weighted by atomic mass is 15.4. The molecule has 0 aliphatic carbocycles. The predicted molar refractivity (Wildman–Crippen MR) is 107 cm³/mol. The van der Waals surface area contributed by atoms with Gasteiger partial charge in [-0.05, 0) is 45.9 Å². The number of nitrogens with zero attached hydrogens (tertiary/aromatic N) is 5. The van der Waals surface area contributed by atoms with Crippen LogP contribution in [0.5, 0.6) is 0 Å². The minimum Gasteiger partial charge on any atom is -0.278 e. The normalized spacial score (nSPS) is 16.0. The van der Waals surface area contributed by atoms with Crippen LogP contribution in [0.25, 0.3) is 22.1 Å². The van der Waals surface area contributed by atoms with Gasteiger partial charge in [-0.2, -0.15) is 4.58 Å². The lowest BCUT2D eigenvalue weighted by atomic mass is 10.00. The van der Waals surface area contributed by atoms with Crippen molar-refractivity contribution in [2.45, 2.75) is 33.2 Å². The first-order valence-electron chi connectivity index (χ1n) is 8.95. The lowest BCUT2D eigenvalue weighted by molar-refractivity contribution is 0.524. The lowest BCUT2D eigenvalue weighted by Gasteiger charge is -2.18. The number of para-hydroxylation sites is 1. The molecule has 4 aromatic rings. The van der Waals surface area contributed by atoms with Crippen LogP contribution in [0.4, 0.5) is 11.8 Å². The summed E-state index contributed by atoms with van der Waals surface area (Å²) in [5, 5.41) is 1.28. The van der Waals surface area contributed by atoms with Crippen molar-refractivity contribution in [2.75, 3.05) is 0 Å². The molecule has 0 spiro atoms. The number of rotatable bonds is 1. The SMILES string of the molecule is CC1=[N+](c2c(C)c3ccccc3n2C)c2nc3cccnc3n2C1(C)C. The van der Waals surface area contributed by atoms with Crippen molar-refractivity contribution >= 4 is 39.5 Å². The highest BCUT2D eigenvalue weighted by Crippen LogP contribution is 2.40. The Morgan fingerprint density at radius 1 is 1.04 bits per heavy atom. The zero-order chi connectivity index (χ0) is 18.2. The fourth-order valence-electron chi connectivity index (χ4n) is 4.29. The molecule has 5 heteroatoms. The van der Waals surface area contributed by atoms with E-state index in [4.69, 9.17) is 4.98 Å². The molecular weight excluding hydrogens is 322 g/mol. The van der Waals surface area contributed by atoms with E-state index >= 15 is 0 Å². The zero-order valence-corrected chi connectivity index (χ0v) is 15.8. The van der Waals surface area contributed by atoms with E-state index in [1.165, 1.54) is 28.0 Å². The first-order valence-corrected chi connectivity index (χ1v) is 8.95. The molecule has 0 atom stereocenters. The van der Waals surface area contributed by atoms with E-state index in [1.54, 1.807) is 0 Å². The number of benzene rings is 1. The maximum atomic E-state index is 4.94. The highest BCUT2D eigenvalue weighted by molar-refractivity contribution is 6.01. The average molecular weight is 344 g/mol. The summed E-state index contributed by atoms with van der Waals surface area (Å²) in [6, 6.07) is 12.5. The minimum absolute atomic E-state index is 0.193. The number of pyridine rings is 1. The number of hydrogen-bond acceptors (Lipinski definition) is 2. The molecular formula is C21H22N5+. The topological polar surface area (TPSA) is 38.6 Å². The summed E-state index contributed by atoms with van der Waals surface area (Å²) in [6.45, 7) is 8.86. The Labute approximate surface area is 152 Å². The maximum absolute atomic E-state index is 4.94. The van der Waals surface area contributed by atoms with Crippen molar-refractivity contribution in [2.24, 2.45) is 7.05 Å². The van der Waals surface area contributed by atoms with Crippen LogP contribution in [-0.2, 0) is 12.6 Å². The second-order valence-corrected chi connectivity index (χ2v) is 7.60. The summed E-state index contributed by atoms with van der Waals surface area (Å²) in [5.41, 5.74) is 5.43. The van der Waals surface area contributed by atoms with Crippen molar-refractivity contribution < 1.29 is 0 Å². The number of aromatic nitrogens is 4. The largest absolute Gasteiger partial charge is 0.362 e. The fourth-order valence-corrected chi connectivity index (χ4v) is 4.29. The summed E-state index contributed by atoms with van der Waals surface area (Å²) in [5.74, 6) is 2.11. The Balaban J connectivity index is 1.91. The van der Waals surface area contributed by atoms with Crippen LogP contribution in [0.2, 0.25) is 0 Å². The van der Waals surface area contributed by atoms with E-state index < -0.39 is 0 Å². The summed E-state index contributed by atoms with van der Waals surface area (Å²) in [4.78, 5) is 9.55. The van der Waals surface area contributed by atoms with Gasteiger partial charge in [0.15, 0.2) is 5.52 Å². The molecule has 0 unspecified atom stereocenters. The molecule has 0 N–H and O–H groups in total. The van der Waals surface area contributed by atoms with Gasteiger partial charge in [-0.15, -0.1) is 4.98 Å². The van der Waals surface area contributed by atoms with Crippen LogP contribution in [-0.4, -0.2) is 24.8 Å². The number of aryl methyl sites for hydroxylation is 2. The molecule has 130 valence electrons. The van der Waals surface area contributed by atoms with Crippen molar-refractivity contribution in [3.8, 4) is 0 Å². The van der Waals surface area contributed by atoms with Gasteiger partial charge in [-0.3, -0.25) is 4.57 Å². The van der Waals surface area contributed by atoms with E-state index in [1.807, 2.05) is 18.3 Å². The van der Waals surface area contributed by atoms with Gasteiger partial charge in [-0.25, -0.2) is 9.55 Å². The van der Waals surface area contributed by atoms with Crippen LogP contribution >= 0.6 is 0 Å². The average Bonchev–Trinajstić information content (AvgIpc) is 3.19. The van der Waals surface area contributed by atoms with E-state index in [-0.39, 0.29) is 5.54 Å². The number of hydrogen-bond donors (Lipinski definition) is 0. The van der Waals surface area contributed by atoms with Gasteiger partial charge in [0.25, 0.3) is 0 Å². The Bertz CT molecular complexity index is 1200. The Morgan fingerprint density at radius 3 is 2.58 bits per heavy atom. The van der Waals surface area contributed by atoms with E-state index in [0.717, 1.165) is 17.1 Å². The van der Waals surface area contributed by atoms with Crippen LogP contribution in [0.3, 0.4) is 0 Å². The Hall–Kier alpha value is -2.95. The summed E-state index contributed by atoms with van der Waals surface area (Å²) < 4.78 is 6.83. The Kier molecular flexibility index (Phi) is 2.84. The molecule has 1 aromatic carbocycles. The fraction of sp³-hybridized carbons (Fsp3) is 0.286. The lowest BCUT2D eigenvalue weighted by Crippen LogP contribution is -2.32. The number of fused-ring (bicyclic) bond motifs is 4. The molecule has 0 fully saturated rings.